The Kier molecular flexibility index (Phi) is 7.62. The summed E-state index contributed by atoms with van der Waals surface area (Å²) in [4.78, 5) is 41.9. The van der Waals surface area contributed by atoms with Gasteiger partial charge in [0.15, 0.2) is 5.76 Å². The van der Waals surface area contributed by atoms with E-state index in [4.69, 9.17) is 4.42 Å². The maximum absolute atomic E-state index is 13.1. The third kappa shape index (κ3) is 5.96. The van der Waals surface area contributed by atoms with Crippen molar-refractivity contribution in [2.45, 2.75) is 20.3 Å². The van der Waals surface area contributed by atoms with Crippen LogP contribution in [0.1, 0.15) is 39.0 Å². The lowest BCUT2D eigenvalue weighted by Gasteiger charge is -2.34. The number of hydrogen-bond acceptors (Lipinski definition) is 5. The molecule has 0 spiro atoms. The number of piperazine rings is 1. The highest BCUT2D eigenvalue weighted by atomic mass is 16.3. The summed E-state index contributed by atoms with van der Waals surface area (Å²) in [6.07, 6.45) is 2.29. The van der Waals surface area contributed by atoms with Crippen molar-refractivity contribution in [3.8, 4) is 0 Å². The molecular weight excluding hydrogens is 444 g/mol. The van der Waals surface area contributed by atoms with Crippen LogP contribution in [0.15, 0.2) is 65.3 Å². The van der Waals surface area contributed by atoms with Gasteiger partial charge in [0.05, 0.1) is 12.8 Å². The van der Waals surface area contributed by atoms with Crippen LogP contribution in [0.3, 0.4) is 0 Å². The minimum absolute atomic E-state index is 0.0545. The molecule has 0 aliphatic carbocycles. The van der Waals surface area contributed by atoms with Gasteiger partial charge in [0.2, 0.25) is 5.91 Å². The van der Waals surface area contributed by atoms with Crippen molar-refractivity contribution in [2.24, 2.45) is 0 Å². The van der Waals surface area contributed by atoms with E-state index >= 15 is 0 Å². The molecule has 0 saturated carbocycles. The Morgan fingerprint density at radius 3 is 2.40 bits per heavy atom. The van der Waals surface area contributed by atoms with Crippen molar-refractivity contribution < 1.29 is 18.8 Å². The first-order valence-electron chi connectivity index (χ1n) is 11.8. The van der Waals surface area contributed by atoms with E-state index in [2.05, 4.69) is 22.5 Å². The van der Waals surface area contributed by atoms with Gasteiger partial charge in [-0.05, 0) is 54.8 Å². The minimum atomic E-state index is -0.365. The Labute approximate surface area is 204 Å². The summed E-state index contributed by atoms with van der Waals surface area (Å²) >= 11 is 0. The standard InChI is InChI=1S/C27H30N4O4/c1-3-20-7-4-5-8-22(20)28-25(32)18-30-12-14-31(15-13-30)27(34)21-11-10-19(2)23(17-21)29-26(33)24-9-6-16-35-24/h4-11,16-17H,3,12-15,18H2,1-2H3,(H,28,32)(H,29,33). The number of nitrogens with one attached hydrogen (secondary N) is 2. The third-order valence-corrected chi connectivity index (χ3v) is 6.18. The summed E-state index contributed by atoms with van der Waals surface area (Å²) in [5.74, 6) is -0.309. The molecule has 1 aliphatic heterocycles. The van der Waals surface area contributed by atoms with Crippen molar-refractivity contribution in [1.29, 1.82) is 0 Å². The highest BCUT2D eigenvalue weighted by molar-refractivity contribution is 6.04. The van der Waals surface area contributed by atoms with Gasteiger partial charge in [-0.15, -0.1) is 0 Å². The molecule has 182 valence electrons. The third-order valence-electron chi connectivity index (χ3n) is 6.18. The summed E-state index contributed by atoms with van der Waals surface area (Å²) in [5.41, 5.74) is 3.88. The fraction of sp³-hybridized carbons (Fsp3) is 0.296. The van der Waals surface area contributed by atoms with Crippen LogP contribution >= 0.6 is 0 Å². The number of carbonyl (C=O) groups is 3. The van der Waals surface area contributed by atoms with Gasteiger partial charge in [0.25, 0.3) is 11.8 Å². The van der Waals surface area contributed by atoms with Crippen molar-refractivity contribution >= 4 is 29.1 Å². The van der Waals surface area contributed by atoms with Crippen molar-refractivity contribution in [2.75, 3.05) is 43.4 Å². The summed E-state index contributed by atoms with van der Waals surface area (Å²) in [6.45, 7) is 6.50. The van der Waals surface area contributed by atoms with Gasteiger partial charge in [-0.3, -0.25) is 19.3 Å². The molecule has 0 unspecified atom stereocenters. The molecule has 1 saturated heterocycles. The zero-order chi connectivity index (χ0) is 24.8. The second-order valence-corrected chi connectivity index (χ2v) is 8.59. The van der Waals surface area contributed by atoms with Gasteiger partial charge in [-0.1, -0.05) is 31.2 Å². The topological polar surface area (TPSA) is 94.9 Å². The number of anilines is 2. The highest BCUT2D eigenvalue weighted by Crippen LogP contribution is 2.20. The SMILES string of the molecule is CCc1ccccc1NC(=O)CN1CCN(C(=O)c2ccc(C)c(NC(=O)c3ccco3)c2)CC1. The summed E-state index contributed by atoms with van der Waals surface area (Å²) < 4.78 is 5.14. The van der Waals surface area contributed by atoms with Crippen molar-refractivity contribution in [3.05, 3.63) is 83.3 Å². The van der Waals surface area contributed by atoms with Gasteiger partial charge in [0, 0.05) is 43.1 Å². The summed E-state index contributed by atoms with van der Waals surface area (Å²) in [5, 5.41) is 5.81. The number of carbonyl (C=O) groups excluding carboxylic acids is 3. The van der Waals surface area contributed by atoms with Gasteiger partial charge in [-0.25, -0.2) is 0 Å². The molecule has 1 aromatic heterocycles. The number of nitrogens with zero attached hydrogens (tertiary/aromatic N) is 2. The van der Waals surface area contributed by atoms with Crippen LogP contribution in [0.4, 0.5) is 11.4 Å². The molecule has 8 nitrogen and oxygen atoms in total. The number of benzene rings is 2. The van der Waals surface area contributed by atoms with Gasteiger partial charge in [0.1, 0.15) is 0 Å². The van der Waals surface area contributed by atoms with E-state index in [1.54, 1.807) is 29.2 Å². The molecule has 1 aliphatic rings. The molecule has 35 heavy (non-hydrogen) atoms. The van der Waals surface area contributed by atoms with E-state index in [9.17, 15) is 14.4 Å². The molecule has 4 rings (SSSR count). The molecule has 2 N–H and O–H groups in total. The first kappa shape index (κ1) is 24.2. The molecule has 3 amide bonds. The molecule has 2 aromatic carbocycles. The number of furan rings is 1. The van der Waals surface area contributed by atoms with Crippen molar-refractivity contribution in [1.82, 2.24) is 9.80 Å². The number of para-hydroxylation sites is 1. The monoisotopic (exact) mass is 474 g/mol. The van der Waals surface area contributed by atoms with E-state index in [1.165, 1.54) is 6.26 Å². The normalized spacial score (nSPS) is 13.9. The number of aryl methyl sites for hydroxylation is 2. The Balaban J connectivity index is 1.32. The predicted octanol–water partition coefficient (Wildman–Crippen LogP) is 3.80. The van der Waals surface area contributed by atoms with Gasteiger partial charge >= 0.3 is 0 Å². The number of amides is 3. The lowest BCUT2D eigenvalue weighted by molar-refractivity contribution is -0.117. The maximum atomic E-state index is 13.1. The van der Waals surface area contributed by atoms with Crippen molar-refractivity contribution in [3.63, 3.8) is 0 Å². The highest BCUT2D eigenvalue weighted by Gasteiger charge is 2.24. The average Bonchev–Trinajstić information content (AvgIpc) is 3.41. The Hall–Kier alpha value is -3.91. The Morgan fingerprint density at radius 2 is 1.69 bits per heavy atom. The second-order valence-electron chi connectivity index (χ2n) is 8.59. The van der Waals surface area contributed by atoms with E-state index in [-0.39, 0.29) is 30.0 Å². The van der Waals surface area contributed by atoms with Crippen LogP contribution < -0.4 is 10.6 Å². The molecule has 8 heteroatoms. The molecule has 1 fully saturated rings. The average molecular weight is 475 g/mol. The van der Waals surface area contributed by atoms with E-state index in [1.807, 2.05) is 37.3 Å². The first-order chi connectivity index (χ1) is 16.9. The van der Waals surface area contributed by atoms with Crippen LogP contribution in [0, 0.1) is 6.92 Å². The van der Waals surface area contributed by atoms with E-state index < -0.39 is 0 Å². The maximum Gasteiger partial charge on any atom is 0.291 e. The zero-order valence-electron chi connectivity index (χ0n) is 20.0. The Bertz CT molecular complexity index is 1200. The quantitative estimate of drug-likeness (QED) is 0.543. The van der Waals surface area contributed by atoms with Gasteiger partial charge < -0.3 is 20.0 Å². The van der Waals surface area contributed by atoms with Crippen LogP contribution in [-0.2, 0) is 11.2 Å². The van der Waals surface area contributed by atoms with E-state index in [0.717, 1.165) is 23.2 Å². The zero-order valence-corrected chi connectivity index (χ0v) is 20.0. The summed E-state index contributed by atoms with van der Waals surface area (Å²) in [6, 6.07) is 16.3. The number of hydrogen-bond donors (Lipinski definition) is 2. The predicted molar refractivity (Wildman–Crippen MR) is 135 cm³/mol. The molecule has 0 atom stereocenters. The molecule has 2 heterocycles. The van der Waals surface area contributed by atoms with Crippen LogP contribution in [0.25, 0.3) is 0 Å². The van der Waals surface area contributed by atoms with Crippen LogP contribution in [0.2, 0.25) is 0 Å². The lowest BCUT2D eigenvalue weighted by atomic mass is 10.1. The molecule has 0 bridgehead atoms. The van der Waals surface area contributed by atoms with Crippen LogP contribution in [0.5, 0.6) is 0 Å². The molecular formula is C27H30N4O4. The number of rotatable bonds is 7. The fourth-order valence-corrected chi connectivity index (χ4v) is 4.12. The smallest absolute Gasteiger partial charge is 0.291 e. The van der Waals surface area contributed by atoms with Gasteiger partial charge in [-0.2, -0.15) is 0 Å². The lowest BCUT2D eigenvalue weighted by Crippen LogP contribution is -2.50. The molecule has 3 aromatic rings. The minimum Gasteiger partial charge on any atom is -0.459 e. The molecule has 0 radical (unpaired) electrons. The van der Waals surface area contributed by atoms with E-state index in [0.29, 0.717) is 37.4 Å². The Morgan fingerprint density at radius 1 is 0.914 bits per heavy atom. The first-order valence-corrected chi connectivity index (χ1v) is 11.8. The second kappa shape index (κ2) is 11.0. The largest absolute Gasteiger partial charge is 0.459 e. The summed E-state index contributed by atoms with van der Waals surface area (Å²) in [7, 11) is 0. The van der Waals surface area contributed by atoms with Crippen LogP contribution in [-0.4, -0.2) is 60.2 Å². The fourth-order valence-electron chi connectivity index (χ4n) is 4.12.